The van der Waals surface area contributed by atoms with Crippen molar-refractivity contribution in [1.82, 2.24) is 4.90 Å². The highest BCUT2D eigenvalue weighted by molar-refractivity contribution is 5.70. The van der Waals surface area contributed by atoms with E-state index in [0.29, 0.717) is 12.3 Å². The number of nitrogens with two attached hydrogens (primary N) is 1. The molecule has 0 saturated carbocycles. The zero-order chi connectivity index (χ0) is 15.6. The molecule has 1 aromatic carbocycles. The van der Waals surface area contributed by atoms with Gasteiger partial charge in [-0.3, -0.25) is 4.90 Å². The van der Waals surface area contributed by atoms with Gasteiger partial charge in [0.1, 0.15) is 0 Å². The van der Waals surface area contributed by atoms with Crippen LogP contribution in [0, 0.1) is 5.82 Å². The van der Waals surface area contributed by atoms with E-state index in [0.717, 1.165) is 31.9 Å². The van der Waals surface area contributed by atoms with Gasteiger partial charge in [0.05, 0.1) is 18.0 Å². The molecule has 1 fully saturated rings. The first kappa shape index (κ1) is 15.9. The fourth-order valence-corrected chi connectivity index (χ4v) is 2.72. The molecule has 2 rings (SSSR count). The first-order chi connectivity index (χ1) is 9.82. The molecule has 1 saturated heterocycles. The molecule has 0 radical (unpaired) electrons. The van der Waals surface area contributed by atoms with E-state index in [1.54, 1.807) is 6.07 Å². The Hall–Kier alpha value is -1.49. The minimum Gasteiger partial charge on any atom is -0.491 e. The lowest BCUT2D eigenvalue weighted by Crippen LogP contribution is -2.53. The SMILES string of the molecule is CCOc1cc(N2CCN(C(C)(C)C)CC2)c(N)cc1F. The quantitative estimate of drug-likeness (QED) is 0.871. The van der Waals surface area contributed by atoms with Crippen LogP contribution in [0.5, 0.6) is 5.75 Å². The van der Waals surface area contributed by atoms with Gasteiger partial charge >= 0.3 is 0 Å². The summed E-state index contributed by atoms with van der Waals surface area (Å²) in [6.07, 6.45) is 0. The summed E-state index contributed by atoms with van der Waals surface area (Å²) in [4.78, 5) is 4.66. The van der Waals surface area contributed by atoms with E-state index in [1.165, 1.54) is 6.07 Å². The Balaban J connectivity index is 2.15. The molecular formula is C16H26FN3O. The molecule has 5 heteroatoms. The van der Waals surface area contributed by atoms with Crippen LogP contribution in [0.2, 0.25) is 0 Å². The maximum absolute atomic E-state index is 13.8. The van der Waals surface area contributed by atoms with Gasteiger partial charge < -0.3 is 15.4 Å². The molecular weight excluding hydrogens is 269 g/mol. The van der Waals surface area contributed by atoms with Crippen LogP contribution in [-0.2, 0) is 0 Å². The van der Waals surface area contributed by atoms with Crippen LogP contribution < -0.4 is 15.4 Å². The summed E-state index contributed by atoms with van der Waals surface area (Å²) in [5.74, 6) is -0.119. The van der Waals surface area contributed by atoms with Crippen molar-refractivity contribution >= 4 is 11.4 Å². The number of rotatable bonds is 3. The highest BCUT2D eigenvalue weighted by atomic mass is 19.1. The lowest BCUT2D eigenvalue weighted by atomic mass is 10.0. The van der Waals surface area contributed by atoms with Crippen LogP contribution in [0.15, 0.2) is 12.1 Å². The summed E-state index contributed by atoms with van der Waals surface area (Å²) >= 11 is 0. The van der Waals surface area contributed by atoms with Gasteiger partial charge in [0.15, 0.2) is 11.6 Å². The average molecular weight is 295 g/mol. The summed E-state index contributed by atoms with van der Waals surface area (Å²) in [7, 11) is 0. The van der Waals surface area contributed by atoms with E-state index in [9.17, 15) is 4.39 Å². The Morgan fingerprint density at radius 3 is 2.33 bits per heavy atom. The Morgan fingerprint density at radius 2 is 1.81 bits per heavy atom. The number of ether oxygens (including phenoxy) is 1. The van der Waals surface area contributed by atoms with Crippen molar-refractivity contribution in [1.29, 1.82) is 0 Å². The van der Waals surface area contributed by atoms with Crippen molar-refractivity contribution in [3.05, 3.63) is 17.9 Å². The second-order valence-electron chi connectivity index (χ2n) is 6.42. The van der Waals surface area contributed by atoms with E-state index in [4.69, 9.17) is 10.5 Å². The second-order valence-corrected chi connectivity index (χ2v) is 6.42. The van der Waals surface area contributed by atoms with Crippen molar-refractivity contribution in [2.24, 2.45) is 0 Å². The molecule has 1 aromatic rings. The standard InChI is InChI=1S/C16H26FN3O/c1-5-21-15-11-14(13(18)10-12(15)17)19-6-8-20(9-7-19)16(2,3)4/h10-11H,5-9,18H2,1-4H3. The Kier molecular flexibility index (Phi) is 4.61. The third kappa shape index (κ3) is 3.59. The molecule has 1 heterocycles. The van der Waals surface area contributed by atoms with Crippen LogP contribution in [0.3, 0.4) is 0 Å². The summed E-state index contributed by atoms with van der Waals surface area (Å²) in [6, 6.07) is 3.08. The molecule has 0 bridgehead atoms. The van der Waals surface area contributed by atoms with Gasteiger partial charge in [-0.05, 0) is 27.7 Å². The fraction of sp³-hybridized carbons (Fsp3) is 0.625. The highest BCUT2D eigenvalue weighted by Crippen LogP contribution is 2.32. The third-order valence-electron chi connectivity index (χ3n) is 3.95. The maximum atomic E-state index is 13.8. The van der Waals surface area contributed by atoms with Crippen LogP contribution in [0.1, 0.15) is 27.7 Å². The first-order valence-corrected chi connectivity index (χ1v) is 7.54. The molecule has 4 nitrogen and oxygen atoms in total. The topological polar surface area (TPSA) is 41.7 Å². The molecule has 0 amide bonds. The van der Waals surface area contributed by atoms with Crippen LogP contribution in [-0.4, -0.2) is 43.2 Å². The summed E-state index contributed by atoms with van der Waals surface area (Å²) < 4.78 is 19.1. The highest BCUT2D eigenvalue weighted by Gasteiger charge is 2.27. The normalized spacial score (nSPS) is 17.1. The van der Waals surface area contributed by atoms with Gasteiger partial charge in [-0.15, -0.1) is 0 Å². The van der Waals surface area contributed by atoms with Gasteiger partial charge in [-0.2, -0.15) is 0 Å². The fourth-order valence-electron chi connectivity index (χ4n) is 2.72. The van der Waals surface area contributed by atoms with Crippen LogP contribution >= 0.6 is 0 Å². The van der Waals surface area contributed by atoms with E-state index >= 15 is 0 Å². The second kappa shape index (κ2) is 6.10. The zero-order valence-electron chi connectivity index (χ0n) is 13.4. The minimum atomic E-state index is -0.397. The van der Waals surface area contributed by atoms with Gasteiger partial charge in [-0.25, -0.2) is 4.39 Å². The number of piperazine rings is 1. The monoisotopic (exact) mass is 295 g/mol. The lowest BCUT2D eigenvalue weighted by molar-refractivity contribution is 0.128. The Labute approximate surface area is 126 Å². The third-order valence-corrected chi connectivity index (χ3v) is 3.95. The van der Waals surface area contributed by atoms with Gasteiger partial charge in [0.2, 0.25) is 0 Å². The molecule has 0 atom stereocenters. The molecule has 0 unspecified atom stereocenters. The van der Waals surface area contributed by atoms with Crippen LogP contribution in [0.25, 0.3) is 0 Å². The maximum Gasteiger partial charge on any atom is 0.167 e. The van der Waals surface area contributed by atoms with Crippen molar-refractivity contribution in [3.8, 4) is 5.75 Å². The number of nitrogens with zero attached hydrogens (tertiary/aromatic N) is 2. The molecule has 1 aliphatic heterocycles. The van der Waals surface area contributed by atoms with Gasteiger partial charge in [-0.1, -0.05) is 0 Å². The molecule has 1 aliphatic rings. The molecule has 0 spiro atoms. The van der Waals surface area contributed by atoms with E-state index < -0.39 is 5.82 Å². The Bertz CT molecular complexity index is 491. The summed E-state index contributed by atoms with van der Waals surface area (Å²) in [6.45, 7) is 12.7. The van der Waals surface area contributed by atoms with Crippen molar-refractivity contribution < 1.29 is 9.13 Å². The van der Waals surface area contributed by atoms with Crippen LogP contribution in [0.4, 0.5) is 15.8 Å². The smallest absolute Gasteiger partial charge is 0.167 e. The van der Waals surface area contributed by atoms with Gasteiger partial charge in [0.25, 0.3) is 0 Å². The number of anilines is 2. The molecule has 2 N–H and O–H groups in total. The van der Waals surface area contributed by atoms with E-state index in [-0.39, 0.29) is 11.3 Å². The van der Waals surface area contributed by atoms with Crippen molar-refractivity contribution in [2.45, 2.75) is 33.2 Å². The van der Waals surface area contributed by atoms with Crippen molar-refractivity contribution in [3.63, 3.8) is 0 Å². The number of hydrogen-bond donors (Lipinski definition) is 1. The Morgan fingerprint density at radius 1 is 1.19 bits per heavy atom. The predicted molar refractivity (Wildman–Crippen MR) is 85.5 cm³/mol. The number of nitrogen functional groups attached to an aromatic ring is 1. The molecule has 21 heavy (non-hydrogen) atoms. The predicted octanol–water partition coefficient (Wildman–Crippen LogP) is 2.73. The molecule has 0 aromatic heterocycles. The average Bonchev–Trinajstić information content (AvgIpc) is 2.41. The summed E-state index contributed by atoms with van der Waals surface area (Å²) in [5.41, 5.74) is 7.51. The largest absolute Gasteiger partial charge is 0.491 e. The minimum absolute atomic E-state index is 0.177. The molecule has 118 valence electrons. The lowest BCUT2D eigenvalue weighted by Gasteiger charge is -2.43. The zero-order valence-corrected chi connectivity index (χ0v) is 13.4. The number of halogens is 1. The van der Waals surface area contributed by atoms with Gasteiger partial charge in [0, 0.05) is 43.9 Å². The number of hydrogen-bond acceptors (Lipinski definition) is 4. The van der Waals surface area contributed by atoms with E-state index in [2.05, 4.69) is 30.6 Å². The van der Waals surface area contributed by atoms with E-state index in [1.807, 2.05) is 6.92 Å². The van der Waals surface area contributed by atoms with Crippen molar-refractivity contribution in [2.75, 3.05) is 43.4 Å². The summed E-state index contributed by atoms with van der Waals surface area (Å²) in [5, 5.41) is 0. The number of benzene rings is 1. The molecule has 0 aliphatic carbocycles. The first-order valence-electron chi connectivity index (χ1n) is 7.54.